The molecule has 0 atom stereocenters. The summed E-state index contributed by atoms with van der Waals surface area (Å²) in [7, 11) is 0. The van der Waals surface area contributed by atoms with Crippen molar-refractivity contribution in [3.05, 3.63) is 193 Å². The molecular weight excluding hydrogens is 1220 g/mol. The van der Waals surface area contributed by atoms with E-state index in [9.17, 15) is 38.4 Å². The van der Waals surface area contributed by atoms with Crippen molar-refractivity contribution in [1.82, 2.24) is 41.2 Å². The van der Waals surface area contributed by atoms with Crippen LogP contribution in [0, 0.1) is 0 Å². The molecule has 3 aromatic heterocycles. The van der Waals surface area contributed by atoms with Gasteiger partial charge in [0.05, 0.1) is 71.7 Å². The molecule has 0 saturated carbocycles. The maximum Gasteiger partial charge on any atom is 0.333 e. The minimum absolute atomic E-state index is 0.0180. The van der Waals surface area contributed by atoms with Crippen LogP contribution < -0.4 is 42.5 Å². The maximum absolute atomic E-state index is 13.8. The van der Waals surface area contributed by atoms with Crippen molar-refractivity contribution >= 4 is 117 Å². The minimum Gasteiger partial charge on any atom is -0.460 e. The Morgan fingerprint density at radius 3 is 0.750 bits per heavy atom. The van der Waals surface area contributed by atoms with Crippen molar-refractivity contribution in [2.45, 2.75) is 27.7 Å². The SMILES string of the molecule is C=C(C)C(=O)OCCNC(=O)Nc1ccccc1-c1c2nc(c(-c3ccccc3NC(=O)NCCOC(=O)C(=C)C)c3ccc([nH]3)c(-c3ccccc3NC(=O)NCCOC(=O)C(=C)C)c3nc(c(-c4ccccc4NC(=O)NCCOC(=O)C(=C)C)c4ccc1[nH]4)C=C3)C=C2. The Bertz CT molecular complexity index is 3980. The molecule has 2 aliphatic heterocycles. The molecule has 4 aromatic carbocycles. The van der Waals surface area contributed by atoms with E-state index in [0.717, 1.165) is 0 Å². The van der Waals surface area contributed by atoms with Crippen LogP contribution in [0.1, 0.15) is 50.5 Å². The van der Waals surface area contributed by atoms with Gasteiger partial charge in [-0.15, -0.1) is 0 Å². The zero-order valence-corrected chi connectivity index (χ0v) is 53.1. The smallest absolute Gasteiger partial charge is 0.333 e. The van der Waals surface area contributed by atoms with Crippen LogP contribution in [0.2, 0.25) is 0 Å². The fourth-order valence-corrected chi connectivity index (χ4v) is 9.97. The summed E-state index contributed by atoms with van der Waals surface area (Å²) >= 11 is 0. The van der Waals surface area contributed by atoms with E-state index in [1.54, 1.807) is 48.5 Å². The number of carbonyl (C=O) groups excluding carboxylic acids is 8. The summed E-state index contributed by atoms with van der Waals surface area (Å²) in [6.45, 7) is 20.0. The lowest BCUT2D eigenvalue weighted by molar-refractivity contribution is -0.139. The summed E-state index contributed by atoms with van der Waals surface area (Å²) in [6.07, 6.45) is 7.32. The normalized spacial score (nSPS) is 11.0. The number of amides is 8. The van der Waals surface area contributed by atoms with Crippen LogP contribution in [0.25, 0.3) is 90.9 Å². The van der Waals surface area contributed by atoms with Gasteiger partial charge in [0.25, 0.3) is 0 Å². The van der Waals surface area contributed by atoms with E-state index in [4.69, 9.17) is 28.9 Å². The van der Waals surface area contributed by atoms with Crippen LogP contribution in [0.3, 0.4) is 0 Å². The second kappa shape index (κ2) is 31.6. The fraction of sp³-hybridized carbons (Fsp3) is 0.167. The number of fused-ring (bicyclic) bond motifs is 8. The monoisotopic (exact) mass is 1290 g/mol. The van der Waals surface area contributed by atoms with Crippen molar-refractivity contribution in [3.8, 4) is 44.5 Å². The van der Waals surface area contributed by atoms with Gasteiger partial charge < -0.3 is 71.4 Å². The van der Waals surface area contributed by atoms with Gasteiger partial charge in [0.15, 0.2) is 0 Å². The number of nitrogens with one attached hydrogen (secondary N) is 10. The highest BCUT2D eigenvalue weighted by Gasteiger charge is 2.24. The molecule has 7 aromatic rings. The van der Waals surface area contributed by atoms with Crippen molar-refractivity contribution in [3.63, 3.8) is 0 Å². The highest BCUT2D eigenvalue weighted by Crippen LogP contribution is 2.43. The van der Waals surface area contributed by atoms with Gasteiger partial charge in [0.2, 0.25) is 0 Å². The van der Waals surface area contributed by atoms with E-state index in [1.807, 2.05) is 97.1 Å². The number of carbonyl (C=O) groups is 8. The summed E-state index contributed by atoms with van der Waals surface area (Å²) in [4.78, 5) is 122. The Morgan fingerprint density at radius 2 is 0.542 bits per heavy atom. The molecule has 0 radical (unpaired) electrons. The number of hydrogen-bond donors (Lipinski definition) is 10. The molecule has 0 saturated heterocycles. The van der Waals surface area contributed by atoms with Crippen LogP contribution in [0.5, 0.6) is 0 Å². The van der Waals surface area contributed by atoms with Crippen molar-refractivity contribution < 1.29 is 57.3 Å². The Hall–Kier alpha value is -12.6. The lowest BCUT2D eigenvalue weighted by Gasteiger charge is -2.15. The van der Waals surface area contributed by atoms with Crippen molar-refractivity contribution in [1.29, 1.82) is 0 Å². The molecule has 24 heteroatoms. The predicted molar refractivity (Wildman–Crippen MR) is 372 cm³/mol. The molecule has 9 rings (SSSR count). The molecular formula is C72H70N12O12. The second-order valence-corrected chi connectivity index (χ2v) is 21.9. The number of ether oxygens (including phenoxy) is 4. The van der Waals surface area contributed by atoms with Gasteiger partial charge in [0, 0.05) is 88.9 Å². The standard InChI is InChI=1S/C72H70N12O12/c1-41(2)65(85)93-37-33-73-69(89)81-49-21-13-9-17-45(49)61-53-25-27-55(77-53)62(46-18-10-14-22-50(46)82-70(90)74-34-38-94-66(86)42(3)4)57-29-31-59(79-57)64(48-20-12-16-24-52(48)84-72(92)76-36-40-96-68(88)44(7)8)60-32-30-58(80-60)63(56-28-26-54(61)78-56)47-19-11-15-23-51(47)83-71(91)75-35-39-95-67(87)43(5)6/h9-32,77,80H,1,3,5,7,33-40H2,2,4,6,8H3,(H2,73,81,89)(H2,74,82,90)(H2,75,83,91)(H2,76,84,92). The van der Waals surface area contributed by atoms with Crippen molar-refractivity contribution in [2.75, 3.05) is 73.9 Å². The van der Waals surface area contributed by atoms with Crippen LogP contribution in [-0.2, 0) is 38.1 Å². The summed E-state index contributed by atoms with van der Waals surface area (Å²) in [5.74, 6) is -2.39. The minimum atomic E-state index is -0.600. The van der Waals surface area contributed by atoms with E-state index in [0.29, 0.717) is 112 Å². The van der Waals surface area contributed by atoms with Crippen LogP contribution in [0.4, 0.5) is 41.9 Å². The maximum atomic E-state index is 13.8. The number of nitrogens with zero attached hydrogens (tertiary/aromatic N) is 2. The summed E-state index contributed by atoms with van der Waals surface area (Å²) in [6, 6.07) is 33.6. The Kier molecular flexibility index (Phi) is 22.3. The van der Waals surface area contributed by atoms with Gasteiger partial charge >= 0.3 is 48.0 Å². The highest BCUT2D eigenvalue weighted by molar-refractivity contribution is 6.07. The number of para-hydroxylation sites is 4. The molecule has 0 fully saturated rings. The Balaban J connectivity index is 1.29. The number of urea groups is 4. The number of aromatic amines is 2. The lowest BCUT2D eigenvalue weighted by atomic mass is 10.0. The number of esters is 4. The van der Waals surface area contributed by atoms with Crippen LogP contribution in [0.15, 0.2) is 170 Å². The molecule has 8 amide bonds. The first-order chi connectivity index (χ1) is 46.2. The third-order valence-electron chi connectivity index (χ3n) is 14.4. The molecule has 10 N–H and O–H groups in total. The van der Waals surface area contributed by atoms with Crippen LogP contribution in [-0.4, -0.2) is 121 Å². The average Bonchev–Trinajstić information content (AvgIpc) is 1.60. The predicted octanol–water partition coefficient (Wildman–Crippen LogP) is 12.3. The zero-order valence-electron chi connectivity index (χ0n) is 53.1. The number of rotatable bonds is 24. The fourth-order valence-electron chi connectivity index (χ4n) is 9.97. The summed E-state index contributed by atoms with van der Waals surface area (Å²) in [5, 5.41) is 22.9. The Morgan fingerprint density at radius 1 is 0.333 bits per heavy atom. The highest BCUT2D eigenvalue weighted by atomic mass is 16.5. The first-order valence-corrected chi connectivity index (χ1v) is 30.3. The molecule has 0 spiro atoms. The first-order valence-electron chi connectivity index (χ1n) is 30.3. The molecule has 490 valence electrons. The quantitative estimate of drug-likeness (QED) is 0.0116. The van der Waals surface area contributed by atoms with Gasteiger partial charge in [-0.25, -0.2) is 48.3 Å². The van der Waals surface area contributed by atoms with E-state index in [1.165, 1.54) is 27.7 Å². The van der Waals surface area contributed by atoms with Gasteiger partial charge in [-0.1, -0.05) is 99.1 Å². The molecule has 8 bridgehead atoms. The number of anilines is 4. The van der Waals surface area contributed by atoms with E-state index in [-0.39, 0.29) is 74.9 Å². The van der Waals surface area contributed by atoms with E-state index in [2.05, 4.69) is 78.8 Å². The van der Waals surface area contributed by atoms with Gasteiger partial charge in [-0.3, -0.25) is 0 Å². The number of aromatic nitrogens is 4. The van der Waals surface area contributed by atoms with Gasteiger partial charge in [-0.05, 0) is 101 Å². The van der Waals surface area contributed by atoms with Crippen molar-refractivity contribution in [2.24, 2.45) is 0 Å². The van der Waals surface area contributed by atoms with Crippen LogP contribution >= 0.6 is 0 Å². The number of hydrogen-bond acceptors (Lipinski definition) is 14. The second-order valence-electron chi connectivity index (χ2n) is 21.9. The molecule has 2 aliphatic rings. The summed E-state index contributed by atoms with van der Waals surface area (Å²) < 4.78 is 20.9. The number of H-pyrrole nitrogens is 2. The molecule has 5 heterocycles. The Labute approximate surface area is 552 Å². The zero-order chi connectivity index (χ0) is 68.4. The summed E-state index contributed by atoms with van der Waals surface area (Å²) in [5.41, 5.74) is 10.2. The number of benzene rings is 4. The van der Waals surface area contributed by atoms with Gasteiger partial charge in [0.1, 0.15) is 26.4 Å². The van der Waals surface area contributed by atoms with E-state index >= 15 is 0 Å². The molecule has 0 unspecified atom stereocenters. The third-order valence-corrected chi connectivity index (χ3v) is 14.4. The van der Waals surface area contributed by atoms with Gasteiger partial charge in [-0.2, -0.15) is 0 Å². The lowest BCUT2D eigenvalue weighted by Crippen LogP contribution is -2.32. The molecule has 0 aliphatic carbocycles. The average molecular weight is 1300 g/mol. The molecule has 24 nitrogen and oxygen atoms in total. The molecule has 96 heavy (non-hydrogen) atoms. The third kappa shape index (κ3) is 17.1. The topological polar surface area (TPSA) is 327 Å². The largest absolute Gasteiger partial charge is 0.460 e. The first kappa shape index (κ1) is 67.8. The van der Waals surface area contributed by atoms with E-state index < -0.39 is 48.0 Å².